The number of amides is 2. The number of hydrogen-bond acceptors (Lipinski definition) is 4. The minimum absolute atomic E-state index is 0. The Balaban J connectivity index is 0.00000261. The Bertz CT molecular complexity index is 793. The van der Waals surface area contributed by atoms with Crippen LogP contribution < -0.4 is 20.1 Å². The number of benzene rings is 1. The molecule has 8 heteroatoms. The average Bonchev–Trinajstić information content (AvgIpc) is 3.03. The number of aromatic nitrogens is 2. The quantitative estimate of drug-likeness (QED) is 0.815. The van der Waals surface area contributed by atoms with Crippen LogP contribution in [0, 0.1) is 0 Å². The summed E-state index contributed by atoms with van der Waals surface area (Å²) in [4.78, 5) is 12.5. The summed E-state index contributed by atoms with van der Waals surface area (Å²) in [6.07, 6.45) is 4.82. The van der Waals surface area contributed by atoms with Crippen LogP contribution in [-0.2, 0) is 13.5 Å². The maximum absolute atomic E-state index is 12.5. The van der Waals surface area contributed by atoms with E-state index in [9.17, 15) is 4.79 Å². The van der Waals surface area contributed by atoms with E-state index in [1.54, 1.807) is 14.2 Å². The predicted octanol–water partition coefficient (Wildman–Crippen LogP) is 3.30. The van der Waals surface area contributed by atoms with E-state index in [2.05, 4.69) is 15.7 Å². The lowest BCUT2D eigenvalue weighted by molar-refractivity contribution is 0.232. The molecule has 1 aromatic carbocycles. The minimum atomic E-state index is -0.225. The van der Waals surface area contributed by atoms with Crippen molar-refractivity contribution in [1.29, 1.82) is 0 Å². The van der Waals surface area contributed by atoms with Gasteiger partial charge in [-0.3, -0.25) is 4.68 Å². The topological polar surface area (TPSA) is 77.4 Å². The van der Waals surface area contributed by atoms with Gasteiger partial charge < -0.3 is 20.1 Å². The van der Waals surface area contributed by atoms with Crippen molar-refractivity contribution in [1.82, 2.24) is 20.4 Å². The molecular formula is C19H27ClN4O3. The first-order valence-corrected chi connectivity index (χ1v) is 8.83. The summed E-state index contributed by atoms with van der Waals surface area (Å²) in [6.45, 7) is 1.92. The first-order valence-electron chi connectivity index (χ1n) is 8.83. The molecule has 2 N–H and O–H groups in total. The summed E-state index contributed by atoms with van der Waals surface area (Å²) in [5, 5.41) is 10.4. The van der Waals surface area contributed by atoms with Gasteiger partial charge in [-0.25, -0.2) is 4.79 Å². The van der Waals surface area contributed by atoms with Gasteiger partial charge in [-0.1, -0.05) is 0 Å². The van der Waals surface area contributed by atoms with Crippen molar-refractivity contribution in [3.63, 3.8) is 0 Å². The second-order valence-corrected chi connectivity index (χ2v) is 6.56. The van der Waals surface area contributed by atoms with Gasteiger partial charge in [-0.15, -0.1) is 12.4 Å². The lowest BCUT2D eigenvalue weighted by atomic mass is 9.93. The fraction of sp³-hybridized carbons (Fsp3) is 0.474. The van der Waals surface area contributed by atoms with Crippen molar-refractivity contribution in [2.75, 3.05) is 14.2 Å². The van der Waals surface area contributed by atoms with Gasteiger partial charge >= 0.3 is 6.03 Å². The van der Waals surface area contributed by atoms with Crippen molar-refractivity contribution in [2.45, 2.75) is 38.3 Å². The van der Waals surface area contributed by atoms with Crippen LogP contribution in [-0.4, -0.2) is 30.0 Å². The highest BCUT2D eigenvalue weighted by molar-refractivity contribution is 5.85. The molecule has 0 radical (unpaired) electrons. The van der Waals surface area contributed by atoms with E-state index in [0.717, 1.165) is 36.1 Å². The van der Waals surface area contributed by atoms with E-state index in [-0.39, 0.29) is 30.5 Å². The number of carbonyl (C=O) groups is 1. The number of urea groups is 1. The lowest BCUT2D eigenvalue weighted by Crippen LogP contribution is -2.40. The van der Waals surface area contributed by atoms with Crippen LogP contribution >= 0.6 is 12.4 Å². The number of methoxy groups -OCH3 is 2. The predicted molar refractivity (Wildman–Crippen MR) is 106 cm³/mol. The molecule has 3 rings (SSSR count). The van der Waals surface area contributed by atoms with Gasteiger partial charge in [0.25, 0.3) is 0 Å². The maximum atomic E-state index is 12.5. The van der Waals surface area contributed by atoms with E-state index >= 15 is 0 Å². The van der Waals surface area contributed by atoms with Crippen LogP contribution in [0.3, 0.4) is 0 Å². The van der Waals surface area contributed by atoms with Gasteiger partial charge in [0.15, 0.2) is 0 Å². The Morgan fingerprint density at radius 3 is 2.81 bits per heavy atom. The number of nitrogens with zero attached hydrogens (tertiary/aromatic N) is 2. The Morgan fingerprint density at radius 1 is 1.33 bits per heavy atom. The molecule has 0 fully saturated rings. The maximum Gasteiger partial charge on any atom is 0.315 e. The number of aryl methyl sites for hydroxylation is 1. The van der Waals surface area contributed by atoms with Gasteiger partial charge in [0.1, 0.15) is 11.5 Å². The number of hydrogen-bond donors (Lipinski definition) is 2. The van der Waals surface area contributed by atoms with E-state index in [0.29, 0.717) is 5.75 Å². The Labute approximate surface area is 165 Å². The van der Waals surface area contributed by atoms with Crippen LogP contribution in [0.25, 0.3) is 0 Å². The van der Waals surface area contributed by atoms with Crippen LogP contribution in [0.5, 0.6) is 11.5 Å². The summed E-state index contributed by atoms with van der Waals surface area (Å²) in [6, 6.07) is 5.12. The first kappa shape index (κ1) is 20.9. The molecule has 2 atom stereocenters. The van der Waals surface area contributed by atoms with Gasteiger partial charge in [-0.05, 0) is 44.4 Å². The molecule has 1 aliphatic carbocycles. The number of ether oxygens (including phenoxy) is 2. The monoisotopic (exact) mass is 394 g/mol. The molecule has 0 saturated heterocycles. The van der Waals surface area contributed by atoms with Crippen LogP contribution in [0.2, 0.25) is 0 Å². The molecule has 1 heterocycles. The number of halogens is 1. The molecule has 0 bridgehead atoms. The highest BCUT2D eigenvalue weighted by Crippen LogP contribution is 2.31. The second-order valence-electron chi connectivity index (χ2n) is 6.56. The number of rotatable bonds is 5. The largest absolute Gasteiger partial charge is 0.497 e. The van der Waals surface area contributed by atoms with Crippen molar-refractivity contribution in [2.24, 2.45) is 7.05 Å². The summed E-state index contributed by atoms with van der Waals surface area (Å²) in [5.41, 5.74) is 3.18. The van der Waals surface area contributed by atoms with Crippen LogP contribution in [0.4, 0.5) is 4.79 Å². The third kappa shape index (κ3) is 4.47. The molecule has 2 amide bonds. The highest BCUT2D eigenvalue weighted by Gasteiger charge is 2.25. The fourth-order valence-corrected chi connectivity index (χ4v) is 3.51. The molecule has 0 saturated carbocycles. The smallest absolute Gasteiger partial charge is 0.315 e. The molecule has 148 valence electrons. The van der Waals surface area contributed by atoms with Crippen molar-refractivity contribution >= 4 is 18.4 Å². The fourth-order valence-electron chi connectivity index (χ4n) is 3.51. The molecule has 2 unspecified atom stereocenters. The SMILES string of the molecule is COc1ccc(OC)c(C(C)NC(=O)NC2CCCc3c2cnn3C)c1.Cl. The molecule has 7 nitrogen and oxygen atoms in total. The third-order valence-electron chi connectivity index (χ3n) is 4.93. The molecule has 1 aromatic heterocycles. The van der Waals surface area contributed by atoms with Gasteiger partial charge in [0.05, 0.1) is 32.5 Å². The van der Waals surface area contributed by atoms with Crippen molar-refractivity contribution in [3.8, 4) is 11.5 Å². The van der Waals surface area contributed by atoms with Crippen LogP contribution in [0.1, 0.15) is 48.7 Å². The average molecular weight is 395 g/mol. The van der Waals surface area contributed by atoms with Crippen molar-refractivity contribution in [3.05, 3.63) is 41.2 Å². The highest BCUT2D eigenvalue weighted by atomic mass is 35.5. The Hall–Kier alpha value is -2.41. The van der Waals surface area contributed by atoms with E-state index in [1.807, 2.05) is 43.0 Å². The van der Waals surface area contributed by atoms with E-state index < -0.39 is 0 Å². The summed E-state index contributed by atoms with van der Waals surface area (Å²) in [7, 11) is 5.17. The summed E-state index contributed by atoms with van der Waals surface area (Å²) in [5.74, 6) is 1.44. The van der Waals surface area contributed by atoms with Gasteiger partial charge in [0.2, 0.25) is 0 Å². The molecule has 0 spiro atoms. The zero-order valence-electron chi connectivity index (χ0n) is 16.1. The standard InChI is InChI=1S/C19H26N4O3.ClH/c1-12(14-10-13(25-3)8-9-18(14)26-4)21-19(24)22-16-6-5-7-17-15(16)11-20-23(17)2;/h8-12,16H,5-7H2,1-4H3,(H2,21,22,24);1H. The first-order chi connectivity index (χ1) is 12.5. The summed E-state index contributed by atoms with van der Waals surface area (Å²) < 4.78 is 12.6. The number of carbonyl (C=O) groups excluding carboxylic acids is 1. The molecule has 0 aliphatic heterocycles. The van der Waals surface area contributed by atoms with E-state index in [1.165, 1.54) is 5.69 Å². The Morgan fingerprint density at radius 2 is 2.11 bits per heavy atom. The molecule has 2 aromatic rings. The van der Waals surface area contributed by atoms with Crippen LogP contribution in [0.15, 0.2) is 24.4 Å². The zero-order chi connectivity index (χ0) is 18.7. The molecule has 1 aliphatic rings. The van der Waals surface area contributed by atoms with E-state index in [4.69, 9.17) is 9.47 Å². The second kappa shape index (κ2) is 8.99. The van der Waals surface area contributed by atoms with Gasteiger partial charge in [-0.2, -0.15) is 5.10 Å². The third-order valence-corrected chi connectivity index (χ3v) is 4.93. The van der Waals surface area contributed by atoms with Gasteiger partial charge in [0, 0.05) is 23.9 Å². The summed E-state index contributed by atoms with van der Waals surface area (Å²) >= 11 is 0. The zero-order valence-corrected chi connectivity index (χ0v) is 16.9. The Kier molecular flexibility index (Phi) is 6.96. The van der Waals surface area contributed by atoms with Crippen molar-refractivity contribution < 1.29 is 14.3 Å². The molecule has 27 heavy (non-hydrogen) atoms. The number of nitrogens with one attached hydrogen (secondary N) is 2. The molecular weight excluding hydrogens is 368 g/mol. The number of fused-ring (bicyclic) bond motifs is 1. The normalized spacial score (nSPS) is 16.5. The lowest BCUT2D eigenvalue weighted by Gasteiger charge is -2.25. The minimum Gasteiger partial charge on any atom is -0.497 e.